The molecule has 0 bridgehead atoms. The fourth-order valence-corrected chi connectivity index (χ4v) is 2.46. The van der Waals surface area contributed by atoms with Crippen LogP contribution in [-0.4, -0.2) is 7.11 Å². The molecule has 3 N–H and O–H groups in total. The molecule has 0 aromatic heterocycles. The molecule has 112 valence electrons. The topological polar surface area (TPSA) is 47.3 Å². The van der Waals surface area contributed by atoms with Gasteiger partial charge in [-0.05, 0) is 31.4 Å². The van der Waals surface area contributed by atoms with Crippen LogP contribution in [0.3, 0.4) is 0 Å². The van der Waals surface area contributed by atoms with Crippen molar-refractivity contribution in [2.45, 2.75) is 25.8 Å². The van der Waals surface area contributed by atoms with Crippen molar-refractivity contribution in [3.05, 3.63) is 65.0 Å². The number of aryl methyl sites for hydroxylation is 2. The molecule has 0 radical (unpaired) electrons. The van der Waals surface area contributed by atoms with Crippen molar-refractivity contribution in [1.82, 2.24) is 5.43 Å². The number of ether oxygens (including phenoxy) is 1. The van der Waals surface area contributed by atoms with E-state index in [-0.39, 0.29) is 17.6 Å². The predicted octanol–water partition coefficient (Wildman–Crippen LogP) is 3.28. The van der Waals surface area contributed by atoms with Crippen LogP contribution in [0, 0.1) is 12.7 Å². The number of methoxy groups -OCH3 is 1. The molecule has 1 atom stereocenters. The molecule has 0 aliphatic rings. The van der Waals surface area contributed by atoms with Crippen LogP contribution in [-0.2, 0) is 6.42 Å². The maximum absolute atomic E-state index is 14.3. The molecule has 0 aliphatic carbocycles. The number of nitrogens with one attached hydrogen (secondary N) is 1. The largest absolute Gasteiger partial charge is 0.494 e. The van der Waals surface area contributed by atoms with Gasteiger partial charge in [0, 0.05) is 11.6 Å². The average Bonchev–Trinajstić information content (AvgIpc) is 2.49. The smallest absolute Gasteiger partial charge is 0.169 e. The minimum absolute atomic E-state index is 0.239. The fraction of sp³-hybridized carbons (Fsp3) is 0.294. The molecule has 0 fully saturated rings. The molecule has 2 aromatic rings. The van der Waals surface area contributed by atoms with Crippen molar-refractivity contribution in [1.29, 1.82) is 0 Å². The second-order valence-corrected chi connectivity index (χ2v) is 5.11. The van der Waals surface area contributed by atoms with Gasteiger partial charge in [-0.2, -0.15) is 0 Å². The summed E-state index contributed by atoms with van der Waals surface area (Å²) in [4.78, 5) is 0. The van der Waals surface area contributed by atoms with Gasteiger partial charge in [0.25, 0.3) is 0 Å². The first kappa shape index (κ1) is 15.5. The number of halogens is 1. The van der Waals surface area contributed by atoms with E-state index in [0.717, 1.165) is 6.42 Å². The van der Waals surface area contributed by atoms with Crippen molar-refractivity contribution >= 4 is 0 Å². The Bertz CT molecular complexity index is 601. The lowest BCUT2D eigenvalue weighted by molar-refractivity contribution is 0.378. The number of hydrogen-bond donors (Lipinski definition) is 2. The van der Waals surface area contributed by atoms with Crippen molar-refractivity contribution < 1.29 is 9.13 Å². The lowest BCUT2D eigenvalue weighted by atomic mass is 9.98. The van der Waals surface area contributed by atoms with Gasteiger partial charge < -0.3 is 4.74 Å². The van der Waals surface area contributed by atoms with Crippen LogP contribution in [0.5, 0.6) is 5.75 Å². The van der Waals surface area contributed by atoms with Crippen LogP contribution in [0.2, 0.25) is 0 Å². The van der Waals surface area contributed by atoms with Gasteiger partial charge in [-0.15, -0.1) is 0 Å². The molecule has 0 heterocycles. The molecule has 4 heteroatoms. The van der Waals surface area contributed by atoms with Crippen molar-refractivity contribution in [3.63, 3.8) is 0 Å². The van der Waals surface area contributed by atoms with Crippen LogP contribution in [0.4, 0.5) is 4.39 Å². The highest BCUT2D eigenvalue weighted by Crippen LogP contribution is 2.27. The highest BCUT2D eigenvalue weighted by molar-refractivity contribution is 5.33. The molecular weight excluding hydrogens is 267 g/mol. The Labute approximate surface area is 124 Å². The van der Waals surface area contributed by atoms with Crippen LogP contribution in [0.1, 0.15) is 29.2 Å². The Morgan fingerprint density at radius 3 is 2.67 bits per heavy atom. The third-order valence-corrected chi connectivity index (χ3v) is 3.59. The molecule has 2 aromatic carbocycles. The molecule has 2 rings (SSSR count). The summed E-state index contributed by atoms with van der Waals surface area (Å²) in [6.45, 7) is 2.06. The van der Waals surface area contributed by atoms with Gasteiger partial charge >= 0.3 is 0 Å². The molecule has 0 saturated carbocycles. The Kier molecular flexibility index (Phi) is 5.31. The van der Waals surface area contributed by atoms with Gasteiger partial charge in [0.1, 0.15) is 0 Å². The van der Waals surface area contributed by atoms with Crippen molar-refractivity contribution in [2.24, 2.45) is 5.84 Å². The molecule has 0 saturated heterocycles. The van der Waals surface area contributed by atoms with Gasteiger partial charge in [0.2, 0.25) is 0 Å². The molecule has 21 heavy (non-hydrogen) atoms. The van der Waals surface area contributed by atoms with E-state index >= 15 is 0 Å². The highest BCUT2D eigenvalue weighted by atomic mass is 19.1. The minimum atomic E-state index is -0.354. The normalized spacial score (nSPS) is 12.2. The number of hydrazine groups is 1. The molecule has 0 aliphatic heterocycles. The third-order valence-electron chi connectivity index (χ3n) is 3.59. The first-order valence-corrected chi connectivity index (χ1v) is 6.99. The van der Waals surface area contributed by atoms with Gasteiger partial charge in [-0.25, -0.2) is 4.39 Å². The predicted molar refractivity (Wildman–Crippen MR) is 82.5 cm³/mol. The van der Waals surface area contributed by atoms with Crippen LogP contribution in [0.25, 0.3) is 0 Å². The first-order valence-electron chi connectivity index (χ1n) is 6.99. The third kappa shape index (κ3) is 3.80. The summed E-state index contributed by atoms with van der Waals surface area (Å²) in [5.41, 5.74) is 5.67. The van der Waals surface area contributed by atoms with Gasteiger partial charge in [0.05, 0.1) is 7.11 Å². The zero-order chi connectivity index (χ0) is 15.2. The van der Waals surface area contributed by atoms with Crippen molar-refractivity contribution in [3.8, 4) is 5.75 Å². The van der Waals surface area contributed by atoms with Crippen LogP contribution in [0.15, 0.2) is 42.5 Å². The van der Waals surface area contributed by atoms with Crippen LogP contribution >= 0.6 is 0 Å². The standard InChI is InChI=1S/C17H21FN2O/c1-12-5-3-6-13(11-12)9-10-15(20-19)14-7-4-8-16(21-2)17(14)18/h3-8,11,15,20H,9-10,19H2,1-2H3. The van der Waals surface area contributed by atoms with E-state index < -0.39 is 0 Å². The first-order chi connectivity index (χ1) is 10.2. The number of nitrogens with two attached hydrogens (primary N) is 1. The van der Waals surface area contributed by atoms with E-state index in [0.29, 0.717) is 12.0 Å². The van der Waals surface area contributed by atoms with E-state index in [1.807, 2.05) is 6.07 Å². The zero-order valence-electron chi connectivity index (χ0n) is 12.4. The molecule has 0 spiro atoms. The quantitative estimate of drug-likeness (QED) is 0.633. The fourth-order valence-electron chi connectivity index (χ4n) is 2.46. The monoisotopic (exact) mass is 288 g/mol. The maximum Gasteiger partial charge on any atom is 0.169 e. The van der Waals surface area contributed by atoms with E-state index in [1.54, 1.807) is 18.2 Å². The summed E-state index contributed by atoms with van der Waals surface area (Å²) >= 11 is 0. The van der Waals surface area contributed by atoms with E-state index in [4.69, 9.17) is 10.6 Å². The molecule has 3 nitrogen and oxygen atoms in total. The van der Waals surface area contributed by atoms with E-state index in [2.05, 4.69) is 30.5 Å². The summed E-state index contributed by atoms with van der Waals surface area (Å²) in [7, 11) is 1.46. The Morgan fingerprint density at radius 1 is 1.24 bits per heavy atom. The summed E-state index contributed by atoms with van der Waals surface area (Å²) in [5.74, 6) is 5.49. The maximum atomic E-state index is 14.3. The second kappa shape index (κ2) is 7.20. The van der Waals surface area contributed by atoms with Gasteiger partial charge in [-0.1, -0.05) is 42.0 Å². The summed E-state index contributed by atoms with van der Waals surface area (Å²) < 4.78 is 19.3. The lowest BCUT2D eigenvalue weighted by Crippen LogP contribution is -2.29. The Hall–Kier alpha value is -1.91. The second-order valence-electron chi connectivity index (χ2n) is 5.11. The SMILES string of the molecule is COc1cccc(C(CCc2cccc(C)c2)NN)c1F. The number of rotatable bonds is 6. The Balaban J connectivity index is 2.13. The van der Waals surface area contributed by atoms with Gasteiger partial charge in [0.15, 0.2) is 11.6 Å². The van der Waals surface area contributed by atoms with Gasteiger partial charge in [-0.3, -0.25) is 11.3 Å². The lowest BCUT2D eigenvalue weighted by Gasteiger charge is -2.18. The average molecular weight is 288 g/mol. The molecule has 1 unspecified atom stereocenters. The Morgan fingerprint density at radius 2 is 2.00 bits per heavy atom. The zero-order valence-corrected chi connectivity index (χ0v) is 12.4. The molecule has 0 amide bonds. The van der Waals surface area contributed by atoms with Crippen molar-refractivity contribution in [2.75, 3.05) is 7.11 Å². The number of benzene rings is 2. The summed E-state index contributed by atoms with van der Waals surface area (Å²) in [5, 5.41) is 0. The molecular formula is C17H21FN2O. The van der Waals surface area contributed by atoms with E-state index in [9.17, 15) is 4.39 Å². The summed E-state index contributed by atoms with van der Waals surface area (Å²) in [6.07, 6.45) is 1.54. The number of hydrogen-bond acceptors (Lipinski definition) is 3. The summed E-state index contributed by atoms with van der Waals surface area (Å²) in [6, 6.07) is 13.2. The van der Waals surface area contributed by atoms with Crippen LogP contribution < -0.4 is 16.0 Å². The highest BCUT2D eigenvalue weighted by Gasteiger charge is 2.17. The minimum Gasteiger partial charge on any atom is -0.494 e. The van der Waals surface area contributed by atoms with E-state index in [1.165, 1.54) is 18.2 Å².